The fourth-order valence-corrected chi connectivity index (χ4v) is 1.52. The number of nitrogens with zero attached hydrogens (tertiary/aromatic N) is 1. The summed E-state index contributed by atoms with van der Waals surface area (Å²) < 4.78 is 0. The van der Waals surface area contributed by atoms with E-state index in [9.17, 15) is 4.79 Å². The van der Waals surface area contributed by atoms with Crippen LogP contribution in [-0.2, 0) is 9.63 Å². The number of carbonyl (C=O) groups is 1. The molecule has 1 amide bonds. The van der Waals surface area contributed by atoms with Crippen LogP contribution in [0.3, 0.4) is 0 Å². The molecule has 0 aromatic carbocycles. The Bertz CT molecular complexity index is 166. The molecule has 0 aromatic rings. The van der Waals surface area contributed by atoms with Crippen molar-refractivity contribution in [1.29, 1.82) is 0 Å². The number of hydroxylamine groups is 2. The fraction of sp³-hybridized carbons (Fsp3) is 0.889. The highest BCUT2D eigenvalue weighted by Crippen LogP contribution is 2.33. The minimum atomic E-state index is 0.0993. The lowest BCUT2D eigenvalue weighted by molar-refractivity contribution is -0.175. The molecule has 0 heterocycles. The summed E-state index contributed by atoms with van der Waals surface area (Å²) in [4.78, 5) is 16.3. The van der Waals surface area contributed by atoms with E-state index in [-0.39, 0.29) is 11.8 Å². The van der Waals surface area contributed by atoms with Gasteiger partial charge in [0, 0.05) is 13.0 Å². The summed E-state index contributed by atoms with van der Waals surface area (Å²) in [7, 11) is 3.18. The molecule has 1 aliphatic carbocycles. The van der Waals surface area contributed by atoms with Crippen molar-refractivity contribution in [3.63, 3.8) is 0 Å². The Morgan fingerprint density at radius 3 is 2.50 bits per heavy atom. The molecule has 0 N–H and O–H groups in total. The van der Waals surface area contributed by atoms with Gasteiger partial charge in [0.1, 0.15) is 0 Å². The largest absolute Gasteiger partial charge is 0.275 e. The van der Waals surface area contributed by atoms with Crippen molar-refractivity contribution in [2.24, 2.45) is 11.8 Å². The van der Waals surface area contributed by atoms with Crippen LogP contribution >= 0.6 is 0 Å². The van der Waals surface area contributed by atoms with Crippen LogP contribution in [0.2, 0.25) is 0 Å². The third-order valence-electron chi connectivity index (χ3n) is 2.83. The Morgan fingerprint density at radius 2 is 2.17 bits per heavy atom. The standard InChI is InChI=1S/C9H17NO2/c1-7(8-5-4-6-8)9(11)10(2)12-3/h7-8H,4-6H2,1-3H3/t7-/m1/s1. The quantitative estimate of drug-likeness (QED) is 0.601. The second-order valence-corrected chi connectivity index (χ2v) is 3.50. The van der Waals surface area contributed by atoms with Crippen molar-refractivity contribution >= 4 is 5.91 Å². The van der Waals surface area contributed by atoms with E-state index in [1.165, 1.54) is 31.4 Å². The van der Waals surface area contributed by atoms with E-state index in [1.807, 2.05) is 6.92 Å². The van der Waals surface area contributed by atoms with E-state index in [0.717, 1.165) is 0 Å². The topological polar surface area (TPSA) is 29.5 Å². The molecule has 0 saturated heterocycles. The fourth-order valence-electron chi connectivity index (χ4n) is 1.52. The SMILES string of the molecule is CON(C)C(=O)[C@H](C)C1CCC1. The maximum Gasteiger partial charge on any atom is 0.248 e. The van der Waals surface area contributed by atoms with Gasteiger partial charge < -0.3 is 0 Å². The van der Waals surface area contributed by atoms with Gasteiger partial charge in [0.05, 0.1) is 7.11 Å². The molecule has 0 aliphatic heterocycles. The molecule has 0 aromatic heterocycles. The number of rotatable bonds is 3. The molecule has 0 unspecified atom stereocenters. The van der Waals surface area contributed by atoms with Gasteiger partial charge in [-0.05, 0) is 18.8 Å². The minimum Gasteiger partial charge on any atom is -0.275 e. The third-order valence-corrected chi connectivity index (χ3v) is 2.83. The highest BCUT2D eigenvalue weighted by molar-refractivity contribution is 5.77. The van der Waals surface area contributed by atoms with Crippen molar-refractivity contribution in [3.8, 4) is 0 Å². The zero-order valence-corrected chi connectivity index (χ0v) is 8.04. The van der Waals surface area contributed by atoms with E-state index in [1.54, 1.807) is 7.05 Å². The van der Waals surface area contributed by atoms with Crippen LogP contribution in [0, 0.1) is 11.8 Å². The molecule has 70 valence electrons. The first kappa shape index (κ1) is 9.52. The van der Waals surface area contributed by atoms with Gasteiger partial charge in [-0.3, -0.25) is 9.63 Å². The van der Waals surface area contributed by atoms with Crippen molar-refractivity contribution < 1.29 is 9.63 Å². The lowest BCUT2D eigenvalue weighted by Gasteiger charge is -2.32. The van der Waals surface area contributed by atoms with Gasteiger partial charge in [0.2, 0.25) is 5.91 Å². The zero-order valence-electron chi connectivity index (χ0n) is 8.04. The molecule has 1 fully saturated rings. The Hall–Kier alpha value is -0.570. The van der Waals surface area contributed by atoms with Crippen molar-refractivity contribution in [3.05, 3.63) is 0 Å². The van der Waals surface area contributed by atoms with Crippen molar-refractivity contribution in [2.45, 2.75) is 26.2 Å². The molecule has 3 heteroatoms. The average molecular weight is 171 g/mol. The predicted octanol–water partition coefficient (Wildman–Crippen LogP) is 1.44. The van der Waals surface area contributed by atoms with Gasteiger partial charge in [-0.1, -0.05) is 13.3 Å². The lowest BCUT2D eigenvalue weighted by Crippen LogP contribution is -2.36. The first-order valence-corrected chi connectivity index (χ1v) is 4.48. The minimum absolute atomic E-state index is 0.0993. The number of amides is 1. The third kappa shape index (κ3) is 1.78. The van der Waals surface area contributed by atoms with Gasteiger partial charge in [-0.2, -0.15) is 0 Å². The van der Waals surface area contributed by atoms with Gasteiger partial charge in [-0.15, -0.1) is 0 Å². The van der Waals surface area contributed by atoms with Crippen LogP contribution in [-0.4, -0.2) is 25.1 Å². The summed E-state index contributed by atoms with van der Waals surface area (Å²) in [5, 5.41) is 1.32. The zero-order chi connectivity index (χ0) is 9.14. The number of hydrogen-bond acceptors (Lipinski definition) is 2. The normalized spacial score (nSPS) is 19.9. The summed E-state index contributed by atoms with van der Waals surface area (Å²) in [6, 6.07) is 0. The molecule has 3 nitrogen and oxygen atoms in total. The first-order valence-electron chi connectivity index (χ1n) is 4.48. The lowest BCUT2D eigenvalue weighted by atomic mass is 9.76. The van der Waals surface area contributed by atoms with E-state index in [2.05, 4.69) is 0 Å². The summed E-state index contributed by atoms with van der Waals surface area (Å²) >= 11 is 0. The van der Waals surface area contributed by atoms with Gasteiger partial charge in [-0.25, -0.2) is 5.06 Å². The molecule has 0 spiro atoms. The van der Waals surface area contributed by atoms with Gasteiger partial charge in [0.25, 0.3) is 0 Å². The second-order valence-electron chi connectivity index (χ2n) is 3.50. The Balaban J connectivity index is 2.39. The molecule has 12 heavy (non-hydrogen) atoms. The van der Waals surface area contributed by atoms with Crippen LogP contribution in [0.5, 0.6) is 0 Å². The maximum absolute atomic E-state index is 11.5. The highest BCUT2D eigenvalue weighted by atomic mass is 16.7. The molecule has 1 aliphatic rings. The smallest absolute Gasteiger partial charge is 0.248 e. The Kier molecular flexibility index (Phi) is 3.09. The number of carbonyl (C=O) groups excluding carboxylic acids is 1. The highest BCUT2D eigenvalue weighted by Gasteiger charge is 2.30. The van der Waals surface area contributed by atoms with E-state index >= 15 is 0 Å². The molecule has 1 saturated carbocycles. The molecular formula is C9H17NO2. The number of hydrogen-bond donors (Lipinski definition) is 0. The van der Waals surface area contributed by atoms with E-state index in [4.69, 9.17) is 4.84 Å². The summed E-state index contributed by atoms with van der Waals surface area (Å²) in [5.41, 5.74) is 0. The average Bonchev–Trinajstić information content (AvgIpc) is 1.98. The maximum atomic E-state index is 11.5. The Morgan fingerprint density at radius 1 is 1.58 bits per heavy atom. The molecule has 0 bridgehead atoms. The molecular weight excluding hydrogens is 154 g/mol. The monoisotopic (exact) mass is 171 g/mol. The van der Waals surface area contributed by atoms with Crippen molar-refractivity contribution in [1.82, 2.24) is 5.06 Å². The summed E-state index contributed by atoms with van der Waals surface area (Å²) in [6.07, 6.45) is 3.67. The van der Waals surface area contributed by atoms with Crippen molar-refractivity contribution in [2.75, 3.05) is 14.2 Å². The first-order chi connectivity index (χ1) is 5.66. The Labute approximate surface area is 73.6 Å². The van der Waals surface area contributed by atoms with E-state index < -0.39 is 0 Å². The van der Waals surface area contributed by atoms with Gasteiger partial charge in [0.15, 0.2) is 0 Å². The van der Waals surface area contributed by atoms with Crippen LogP contribution in [0.1, 0.15) is 26.2 Å². The van der Waals surface area contributed by atoms with Crippen LogP contribution < -0.4 is 0 Å². The molecule has 1 atom stereocenters. The second kappa shape index (κ2) is 3.90. The predicted molar refractivity (Wildman–Crippen MR) is 46.3 cm³/mol. The van der Waals surface area contributed by atoms with Crippen LogP contribution in [0.25, 0.3) is 0 Å². The molecule has 1 rings (SSSR count). The molecule has 0 radical (unpaired) electrons. The van der Waals surface area contributed by atoms with E-state index in [0.29, 0.717) is 5.92 Å². The van der Waals surface area contributed by atoms with Crippen LogP contribution in [0.15, 0.2) is 0 Å². The van der Waals surface area contributed by atoms with Crippen LogP contribution in [0.4, 0.5) is 0 Å². The van der Waals surface area contributed by atoms with Gasteiger partial charge >= 0.3 is 0 Å². The summed E-state index contributed by atoms with van der Waals surface area (Å²) in [6.45, 7) is 1.99. The summed E-state index contributed by atoms with van der Waals surface area (Å²) in [5.74, 6) is 0.820.